The van der Waals surface area contributed by atoms with Gasteiger partial charge in [0.15, 0.2) is 0 Å². The number of hydrogen-bond acceptors (Lipinski definition) is 3. The number of alkyl halides is 3. The summed E-state index contributed by atoms with van der Waals surface area (Å²) in [5, 5.41) is 9.32. The van der Waals surface area contributed by atoms with E-state index in [2.05, 4.69) is 0 Å². The number of nitrogens with zero attached hydrogens (tertiary/aromatic N) is 1. The second kappa shape index (κ2) is 8.73. The third-order valence-electron chi connectivity index (χ3n) is 6.12. The van der Waals surface area contributed by atoms with Gasteiger partial charge in [-0.25, -0.2) is 9.18 Å². The zero-order chi connectivity index (χ0) is 23.0. The summed E-state index contributed by atoms with van der Waals surface area (Å²) in [7, 11) is 0. The number of rotatable bonds is 6. The Morgan fingerprint density at radius 3 is 2.62 bits per heavy atom. The molecular formula is C24H25F4NO3. The molecule has 0 unspecified atom stereocenters. The first kappa shape index (κ1) is 22.6. The van der Waals surface area contributed by atoms with Crippen LogP contribution in [0.1, 0.15) is 64.2 Å². The first-order valence-electron chi connectivity index (χ1n) is 10.7. The van der Waals surface area contributed by atoms with E-state index in [1.807, 2.05) is 4.90 Å². The molecule has 1 atom stereocenters. The number of benzene rings is 2. The van der Waals surface area contributed by atoms with Gasteiger partial charge in [0, 0.05) is 18.7 Å². The second-order valence-corrected chi connectivity index (χ2v) is 8.68. The molecule has 0 bridgehead atoms. The van der Waals surface area contributed by atoms with Gasteiger partial charge in [-0.2, -0.15) is 13.2 Å². The van der Waals surface area contributed by atoms with Crippen LogP contribution in [0.15, 0.2) is 30.3 Å². The molecule has 0 spiro atoms. The van der Waals surface area contributed by atoms with Crippen molar-refractivity contribution in [1.82, 2.24) is 4.90 Å². The minimum absolute atomic E-state index is 0.173. The Kier molecular flexibility index (Phi) is 6.16. The van der Waals surface area contributed by atoms with Crippen LogP contribution in [0.2, 0.25) is 0 Å². The van der Waals surface area contributed by atoms with Crippen molar-refractivity contribution in [2.24, 2.45) is 0 Å². The molecule has 2 aliphatic rings. The summed E-state index contributed by atoms with van der Waals surface area (Å²) in [6.07, 6.45) is -1.27. The monoisotopic (exact) mass is 451 g/mol. The lowest BCUT2D eigenvalue weighted by Gasteiger charge is -2.34. The summed E-state index contributed by atoms with van der Waals surface area (Å²) in [4.78, 5) is 13.5. The van der Waals surface area contributed by atoms with Gasteiger partial charge in [-0.05, 0) is 68.3 Å². The Labute approximate surface area is 183 Å². The predicted molar refractivity (Wildman–Crippen MR) is 110 cm³/mol. The lowest BCUT2D eigenvalue weighted by Crippen LogP contribution is -2.41. The van der Waals surface area contributed by atoms with Crippen molar-refractivity contribution in [1.29, 1.82) is 0 Å². The van der Waals surface area contributed by atoms with E-state index in [1.165, 1.54) is 25.1 Å². The number of hydrogen-bond donors (Lipinski definition) is 1. The number of piperidine rings is 1. The van der Waals surface area contributed by atoms with Gasteiger partial charge in [0.05, 0.1) is 11.1 Å². The van der Waals surface area contributed by atoms with Gasteiger partial charge in [0.25, 0.3) is 0 Å². The van der Waals surface area contributed by atoms with Gasteiger partial charge in [0.1, 0.15) is 17.7 Å². The molecule has 8 heteroatoms. The summed E-state index contributed by atoms with van der Waals surface area (Å²) in [5.74, 6) is -1.49. The molecule has 0 amide bonds. The Morgan fingerprint density at radius 2 is 1.97 bits per heavy atom. The Bertz CT molecular complexity index is 1020. The molecule has 1 N–H and O–H groups in total. The van der Waals surface area contributed by atoms with Crippen molar-refractivity contribution in [2.45, 2.75) is 57.3 Å². The molecule has 1 heterocycles. The standard InChI is InChI=1S/C24H25F4NO3/c1-14-21(25)20(23(30)31)11-19(16-7-8-16)22(14)32-18-6-3-9-29(13-18)12-15-4-2-5-17(10-15)24(26,27)28/h2,4-5,10-11,16,18H,3,6-9,12-13H2,1H3,(H,30,31)/t18-/m1/s1. The fourth-order valence-electron chi connectivity index (χ4n) is 4.34. The molecule has 4 rings (SSSR count). The maximum atomic E-state index is 14.7. The number of likely N-dealkylation sites (tertiary alicyclic amines) is 1. The van der Waals surface area contributed by atoms with E-state index in [-0.39, 0.29) is 23.1 Å². The molecular weight excluding hydrogens is 426 g/mol. The number of carboxylic acids is 1. The molecule has 1 aliphatic carbocycles. The van der Waals surface area contributed by atoms with Crippen molar-refractivity contribution in [3.8, 4) is 5.75 Å². The normalized spacial score (nSPS) is 19.7. The highest BCUT2D eigenvalue weighted by atomic mass is 19.4. The minimum atomic E-state index is -4.38. The second-order valence-electron chi connectivity index (χ2n) is 8.68. The maximum Gasteiger partial charge on any atom is 0.416 e. The summed E-state index contributed by atoms with van der Waals surface area (Å²) >= 11 is 0. The van der Waals surface area contributed by atoms with Crippen LogP contribution < -0.4 is 4.74 Å². The third-order valence-corrected chi connectivity index (χ3v) is 6.12. The third kappa shape index (κ3) is 4.90. The number of halogens is 4. The van der Waals surface area contributed by atoms with Crippen LogP contribution in [0.25, 0.3) is 0 Å². The SMILES string of the molecule is Cc1c(F)c(C(=O)O)cc(C2CC2)c1O[C@@H]1CCCN(Cc2cccc(C(F)(F)F)c2)C1. The zero-order valence-electron chi connectivity index (χ0n) is 17.7. The number of aromatic carboxylic acids is 1. The lowest BCUT2D eigenvalue weighted by molar-refractivity contribution is -0.137. The summed E-state index contributed by atoms with van der Waals surface area (Å²) in [6.45, 7) is 3.13. The van der Waals surface area contributed by atoms with E-state index >= 15 is 0 Å². The minimum Gasteiger partial charge on any atom is -0.488 e. The molecule has 1 saturated heterocycles. The Morgan fingerprint density at radius 1 is 1.22 bits per heavy atom. The fourth-order valence-corrected chi connectivity index (χ4v) is 4.34. The Hall–Kier alpha value is -2.61. The number of ether oxygens (including phenoxy) is 1. The highest BCUT2D eigenvalue weighted by molar-refractivity contribution is 5.89. The largest absolute Gasteiger partial charge is 0.488 e. The number of carbonyl (C=O) groups is 1. The van der Waals surface area contributed by atoms with Gasteiger partial charge in [-0.1, -0.05) is 18.2 Å². The highest BCUT2D eigenvalue weighted by Gasteiger charge is 2.33. The molecule has 32 heavy (non-hydrogen) atoms. The topological polar surface area (TPSA) is 49.8 Å². The van der Waals surface area contributed by atoms with Crippen molar-refractivity contribution >= 4 is 5.97 Å². The van der Waals surface area contributed by atoms with Gasteiger partial charge in [0.2, 0.25) is 0 Å². The molecule has 0 aromatic heterocycles. The molecule has 2 aromatic carbocycles. The average Bonchev–Trinajstić information content (AvgIpc) is 3.56. The smallest absolute Gasteiger partial charge is 0.416 e. The summed E-state index contributed by atoms with van der Waals surface area (Å²) in [5.41, 5.74) is 0.496. The van der Waals surface area contributed by atoms with Crippen molar-refractivity contribution < 1.29 is 32.2 Å². The van der Waals surface area contributed by atoms with Crippen molar-refractivity contribution in [3.63, 3.8) is 0 Å². The fraction of sp³-hybridized carbons (Fsp3) is 0.458. The van der Waals surface area contributed by atoms with Crippen LogP contribution in [-0.2, 0) is 12.7 Å². The van der Waals surface area contributed by atoms with E-state index in [0.717, 1.165) is 43.9 Å². The summed E-state index contributed by atoms with van der Waals surface area (Å²) in [6, 6.07) is 6.70. The predicted octanol–water partition coefficient (Wildman–Crippen LogP) is 5.77. The number of carboxylic acid groups (broad SMARTS) is 1. The molecule has 1 saturated carbocycles. The van der Waals surface area contributed by atoms with E-state index < -0.39 is 23.5 Å². The van der Waals surface area contributed by atoms with Gasteiger partial charge in [-0.15, -0.1) is 0 Å². The van der Waals surface area contributed by atoms with Crippen LogP contribution in [0.3, 0.4) is 0 Å². The molecule has 172 valence electrons. The molecule has 1 aliphatic heterocycles. The van der Waals surface area contributed by atoms with Crippen molar-refractivity contribution in [3.05, 3.63) is 64.0 Å². The van der Waals surface area contributed by atoms with Crippen LogP contribution in [0.5, 0.6) is 5.75 Å². The first-order valence-corrected chi connectivity index (χ1v) is 10.7. The molecule has 2 aromatic rings. The van der Waals surface area contributed by atoms with E-state index in [9.17, 15) is 27.5 Å². The van der Waals surface area contributed by atoms with Crippen LogP contribution in [0.4, 0.5) is 17.6 Å². The molecule has 2 fully saturated rings. The van der Waals surface area contributed by atoms with Crippen LogP contribution in [-0.4, -0.2) is 35.2 Å². The van der Waals surface area contributed by atoms with E-state index in [4.69, 9.17) is 4.74 Å². The Balaban J connectivity index is 1.50. The van der Waals surface area contributed by atoms with E-state index in [0.29, 0.717) is 24.4 Å². The summed E-state index contributed by atoms with van der Waals surface area (Å²) < 4.78 is 59.9. The molecule has 4 nitrogen and oxygen atoms in total. The lowest BCUT2D eigenvalue weighted by atomic mass is 9.99. The van der Waals surface area contributed by atoms with Crippen LogP contribution in [0, 0.1) is 12.7 Å². The average molecular weight is 451 g/mol. The van der Waals surface area contributed by atoms with Crippen molar-refractivity contribution in [2.75, 3.05) is 13.1 Å². The molecule has 0 radical (unpaired) electrons. The van der Waals surface area contributed by atoms with Gasteiger partial charge in [-0.3, -0.25) is 4.90 Å². The maximum absolute atomic E-state index is 14.7. The zero-order valence-corrected chi connectivity index (χ0v) is 17.7. The van der Waals surface area contributed by atoms with Gasteiger partial charge < -0.3 is 9.84 Å². The van der Waals surface area contributed by atoms with Gasteiger partial charge >= 0.3 is 12.1 Å². The first-order chi connectivity index (χ1) is 15.1. The highest BCUT2D eigenvalue weighted by Crippen LogP contribution is 2.47. The quantitative estimate of drug-likeness (QED) is 0.567. The van der Waals surface area contributed by atoms with E-state index in [1.54, 1.807) is 6.07 Å². The van der Waals surface area contributed by atoms with Crippen LogP contribution >= 0.6 is 0 Å².